The number of rotatable bonds is 1. The van der Waals surface area contributed by atoms with Gasteiger partial charge in [-0.25, -0.2) is 0 Å². The van der Waals surface area contributed by atoms with Gasteiger partial charge >= 0.3 is 29.6 Å². The molecule has 0 radical (unpaired) electrons. The Bertz CT molecular complexity index is 175. The van der Waals surface area contributed by atoms with Crippen molar-refractivity contribution >= 4 is 6.41 Å². The maximum absolute atomic E-state index is 10.7. The minimum absolute atomic E-state index is 0. The fraction of sp³-hybridized carbons (Fsp3) is 0.909. The smallest absolute Gasteiger partial charge is 0.852 e. The van der Waals surface area contributed by atoms with E-state index >= 15 is 0 Å². The molecule has 1 heterocycles. The number of nitrogens with zero attached hydrogens (tertiary/aromatic N) is 1. The Balaban J connectivity index is 0. The normalized spacial score (nSPS) is 16.9. The minimum Gasteiger partial charge on any atom is -0.852 e. The molecule has 1 rings (SSSR count). The number of likely N-dealkylation sites (tertiary alicyclic amines) is 1. The van der Waals surface area contributed by atoms with Crippen molar-refractivity contribution in [2.45, 2.75) is 45.3 Å². The molecule has 90 valence electrons. The fourth-order valence-corrected chi connectivity index (χ4v) is 0.981. The summed E-state index contributed by atoms with van der Waals surface area (Å²) in [6.45, 7) is 7.36. The van der Waals surface area contributed by atoms with E-state index in [9.17, 15) is 9.90 Å². The molecule has 0 atom stereocenters. The van der Waals surface area contributed by atoms with E-state index in [0.29, 0.717) is 25.9 Å². The van der Waals surface area contributed by atoms with Crippen LogP contribution in [0.25, 0.3) is 0 Å². The topological polar surface area (TPSA) is 52.6 Å². The number of methoxy groups -OCH3 is 1. The molecule has 1 aliphatic heterocycles. The van der Waals surface area contributed by atoms with Crippen LogP contribution in [-0.2, 0) is 9.53 Å². The summed E-state index contributed by atoms with van der Waals surface area (Å²) in [4.78, 5) is 11.7. The summed E-state index contributed by atoms with van der Waals surface area (Å²) in [6.07, 6.45) is 1.63. The Hall–Kier alpha value is 0.390. The molecule has 4 nitrogen and oxygen atoms in total. The van der Waals surface area contributed by atoms with Crippen molar-refractivity contribution in [2.75, 3.05) is 20.2 Å². The molecule has 0 saturated carbocycles. The maximum atomic E-state index is 10.7. The molecular weight excluding hydrogens is 217 g/mol. The van der Waals surface area contributed by atoms with E-state index < -0.39 is 6.10 Å². The van der Waals surface area contributed by atoms with Crippen molar-refractivity contribution in [3.63, 3.8) is 0 Å². The van der Waals surface area contributed by atoms with Crippen molar-refractivity contribution in [1.29, 1.82) is 0 Å². The van der Waals surface area contributed by atoms with Crippen molar-refractivity contribution in [3.8, 4) is 0 Å². The maximum Gasteiger partial charge on any atom is 1.00 e. The summed E-state index contributed by atoms with van der Waals surface area (Å²) in [5.41, 5.74) is 0.0417. The predicted octanol–water partition coefficient (Wildman–Crippen LogP) is -2.60. The van der Waals surface area contributed by atoms with Crippen LogP contribution in [0.2, 0.25) is 0 Å². The molecule has 1 fully saturated rings. The van der Waals surface area contributed by atoms with Crippen LogP contribution in [0.1, 0.15) is 33.6 Å². The number of hydrogen-bond acceptors (Lipinski definition) is 3. The Morgan fingerprint density at radius 3 is 1.94 bits per heavy atom. The van der Waals surface area contributed by atoms with Gasteiger partial charge in [-0.3, -0.25) is 4.79 Å². The third-order valence-electron chi connectivity index (χ3n) is 2.24. The van der Waals surface area contributed by atoms with Gasteiger partial charge in [-0.15, -0.1) is 6.10 Å². The molecule has 0 unspecified atom stereocenters. The summed E-state index contributed by atoms with van der Waals surface area (Å²) in [6, 6.07) is 0. The molecule has 0 bridgehead atoms. The SMILES string of the molecule is COC(C)(C)C.O=CN1CCC([O-])CC1.[Na+]. The number of hydrogen-bond donors (Lipinski definition) is 0. The molecule has 0 aromatic rings. The molecule has 0 aliphatic carbocycles. The van der Waals surface area contributed by atoms with Gasteiger partial charge in [-0.2, -0.15) is 0 Å². The molecule has 1 amide bonds. The Morgan fingerprint density at radius 1 is 1.31 bits per heavy atom. The van der Waals surface area contributed by atoms with Gasteiger partial charge in [0.15, 0.2) is 0 Å². The number of amides is 1. The average Bonchev–Trinajstić information content (AvgIpc) is 2.19. The second kappa shape index (κ2) is 9.42. The average molecular weight is 239 g/mol. The molecule has 1 saturated heterocycles. The molecule has 0 aromatic heterocycles. The van der Waals surface area contributed by atoms with Gasteiger partial charge in [0.05, 0.1) is 5.60 Å². The first kappa shape index (κ1) is 18.7. The van der Waals surface area contributed by atoms with Gasteiger partial charge in [0.2, 0.25) is 6.41 Å². The molecular formula is C11H22NNaO3. The van der Waals surface area contributed by atoms with Gasteiger partial charge in [0.25, 0.3) is 0 Å². The number of carbonyl (C=O) groups excluding carboxylic acids is 1. The van der Waals surface area contributed by atoms with Crippen LogP contribution in [0, 0.1) is 0 Å². The van der Waals surface area contributed by atoms with Crippen molar-refractivity contribution < 1.29 is 44.2 Å². The third-order valence-corrected chi connectivity index (χ3v) is 2.24. The van der Waals surface area contributed by atoms with Crippen LogP contribution in [0.4, 0.5) is 0 Å². The van der Waals surface area contributed by atoms with Crippen molar-refractivity contribution in [3.05, 3.63) is 0 Å². The summed E-state index contributed by atoms with van der Waals surface area (Å²) < 4.78 is 4.94. The van der Waals surface area contributed by atoms with Crippen LogP contribution in [-0.4, -0.2) is 43.2 Å². The summed E-state index contributed by atoms with van der Waals surface area (Å²) in [5, 5.41) is 10.7. The van der Waals surface area contributed by atoms with Crippen molar-refractivity contribution in [1.82, 2.24) is 4.90 Å². The molecule has 0 aromatic carbocycles. The van der Waals surface area contributed by atoms with Crippen LogP contribution >= 0.6 is 0 Å². The van der Waals surface area contributed by atoms with E-state index in [1.165, 1.54) is 0 Å². The van der Waals surface area contributed by atoms with E-state index in [4.69, 9.17) is 4.74 Å². The molecule has 0 N–H and O–H groups in total. The van der Waals surface area contributed by atoms with Gasteiger partial charge < -0.3 is 14.7 Å². The predicted molar refractivity (Wildman–Crippen MR) is 57.4 cm³/mol. The first-order chi connectivity index (χ1) is 6.89. The second-order valence-electron chi connectivity index (χ2n) is 4.66. The summed E-state index contributed by atoms with van der Waals surface area (Å²) >= 11 is 0. The quantitative estimate of drug-likeness (QED) is 0.372. The van der Waals surface area contributed by atoms with Crippen LogP contribution in [0.3, 0.4) is 0 Å². The number of carbonyl (C=O) groups is 1. The largest absolute Gasteiger partial charge is 1.00 e. The summed E-state index contributed by atoms with van der Waals surface area (Å²) in [7, 11) is 1.71. The molecule has 5 heteroatoms. The minimum atomic E-state index is -0.429. The van der Waals surface area contributed by atoms with E-state index in [2.05, 4.69) is 0 Å². The molecule has 1 aliphatic rings. The number of ether oxygens (including phenoxy) is 1. The summed E-state index contributed by atoms with van der Waals surface area (Å²) in [5.74, 6) is 0. The number of piperidine rings is 1. The molecule has 16 heavy (non-hydrogen) atoms. The zero-order chi connectivity index (χ0) is 11.9. The zero-order valence-corrected chi connectivity index (χ0v) is 13.2. The first-order valence-electron chi connectivity index (χ1n) is 5.29. The van der Waals surface area contributed by atoms with Gasteiger partial charge in [0, 0.05) is 20.2 Å². The Morgan fingerprint density at radius 2 is 1.69 bits per heavy atom. The Kier molecular flexibility index (Phi) is 11.0. The third kappa shape index (κ3) is 10.9. The van der Waals surface area contributed by atoms with E-state index in [1.807, 2.05) is 20.8 Å². The van der Waals surface area contributed by atoms with Crippen LogP contribution in [0.15, 0.2) is 0 Å². The van der Waals surface area contributed by atoms with Crippen LogP contribution in [0.5, 0.6) is 0 Å². The van der Waals surface area contributed by atoms with Crippen LogP contribution < -0.4 is 34.7 Å². The van der Waals surface area contributed by atoms with E-state index in [-0.39, 0.29) is 35.2 Å². The second-order valence-corrected chi connectivity index (χ2v) is 4.66. The zero-order valence-electron chi connectivity index (χ0n) is 11.2. The van der Waals surface area contributed by atoms with E-state index in [0.717, 1.165) is 6.41 Å². The Labute approximate surface area is 121 Å². The molecule has 0 spiro atoms. The monoisotopic (exact) mass is 239 g/mol. The van der Waals surface area contributed by atoms with Gasteiger partial charge in [-0.05, 0) is 33.6 Å². The van der Waals surface area contributed by atoms with E-state index in [1.54, 1.807) is 12.0 Å². The van der Waals surface area contributed by atoms with Crippen molar-refractivity contribution in [2.24, 2.45) is 0 Å². The standard InChI is InChI=1S/C6H10NO2.C5H12O.Na/c8-5-7-3-1-6(9)2-4-7;1-5(2,3)6-4;/h5-6H,1-4H2;1-4H3;/q-1;;+1. The first-order valence-corrected chi connectivity index (χ1v) is 5.29. The fourth-order valence-electron chi connectivity index (χ4n) is 0.981. The van der Waals surface area contributed by atoms with Gasteiger partial charge in [-0.1, -0.05) is 0 Å². The van der Waals surface area contributed by atoms with Gasteiger partial charge in [0.1, 0.15) is 0 Å².